The van der Waals surface area contributed by atoms with E-state index in [0.717, 1.165) is 24.8 Å². The van der Waals surface area contributed by atoms with Crippen molar-refractivity contribution < 1.29 is 10.2 Å². The van der Waals surface area contributed by atoms with Crippen LogP contribution in [0.25, 0.3) is 11.1 Å². The summed E-state index contributed by atoms with van der Waals surface area (Å²) < 4.78 is 0. The molecule has 1 aliphatic carbocycles. The fraction of sp³-hybridized carbons (Fsp3) is 0.419. The fourth-order valence-electron chi connectivity index (χ4n) is 5.49. The first-order valence-corrected chi connectivity index (χ1v) is 12.9. The van der Waals surface area contributed by atoms with Gasteiger partial charge < -0.3 is 15.1 Å². The van der Waals surface area contributed by atoms with Crippen LogP contribution in [0.5, 0.6) is 5.75 Å². The van der Waals surface area contributed by atoms with Gasteiger partial charge >= 0.3 is 0 Å². The lowest BCUT2D eigenvalue weighted by atomic mass is 9.78. The Kier molecular flexibility index (Phi) is 8.42. The van der Waals surface area contributed by atoms with E-state index in [1.807, 2.05) is 18.2 Å². The molecule has 0 aromatic heterocycles. The number of allylic oxidation sites excluding steroid dienone is 6. The quantitative estimate of drug-likeness (QED) is 0.434. The number of phenols is 1. The number of nitrogens with zero attached hydrogens (tertiary/aromatic N) is 1. The van der Waals surface area contributed by atoms with Crippen LogP contribution >= 0.6 is 0 Å². The number of benzene rings is 2. The average Bonchev–Trinajstić information content (AvgIpc) is 2.88. The molecule has 3 heteroatoms. The van der Waals surface area contributed by atoms with Gasteiger partial charge in [-0.3, -0.25) is 0 Å². The van der Waals surface area contributed by atoms with E-state index in [0.29, 0.717) is 12.0 Å². The zero-order valence-corrected chi connectivity index (χ0v) is 20.7. The van der Waals surface area contributed by atoms with Crippen molar-refractivity contribution in [1.82, 2.24) is 4.90 Å². The van der Waals surface area contributed by atoms with Crippen molar-refractivity contribution in [1.29, 1.82) is 0 Å². The van der Waals surface area contributed by atoms with Crippen LogP contribution in [0.15, 0.2) is 78.4 Å². The van der Waals surface area contributed by atoms with Gasteiger partial charge in [0.15, 0.2) is 0 Å². The minimum absolute atomic E-state index is 0.179. The van der Waals surface area contributed by atoms with Crippen LogP contribution in [-0.4, -0.2) is 40.9 Å². The molecule has 1 atom stereocenters. The van der Waals surface area contributed by atoms with Gasteiger partial charge in [-0.15, -0.1) is 0 Å². The maximum absolute atomic E-state index is 9.90. The van der Waals surface area contributed by atoms with Crippen LogP contribution in [0.4, 0.5) is 0 Å². The molecule has 1 aliphatic heterocycles. The Morgan fingerprint density at radius 1 is 0.971 bits per heavy atom. The number of phenolic OH excluding ortho intramolecular Hbond substituents is 1. The molecule has 34 heavy (non-hydrogen) atoms. The molecular formula is C31H39NO2. The highest BCUT2D eigenvalue weighted by atomic mass is 16.3. The number of hydrogen-bond donors (Lipinski definition) is 2. The highest BCUT2D eigenvalue weighted by Crippen LogP contribution is 2.41. The van der Waals surface area contributed by atoms with E-state index >= 15 is 0 Å². The Bertz CT molecular complexity index is 1010. The molecule has 2 aromatic rings. The van der Waals surface area contributed by atoms with E-state index in [2.05, 4.69) is 61.2 Å². The van der Waals surface area contributed by atoms with Gasteiger partial charge in [-0.05, 0) is 105 Å². The molecule has 1 heterocycles. The summed E-state index contributed by atoms with van der Waals surface area (Å²) in [6, 6.07) is 18.8. The van der Waals surface area contributed by atoms with Gasteiger partial charge in [0.2, 0.25) is 0 Å². The minimum atomic E-state index is 0.179. The second-order valence-corrected chi connectivity index (χ2v) is 9.94. The average molecular weight is 458 g/mol. The van der Waals surface area contributed by atoms with E-state index in [1.165, 1.54) is 48.2 Å². The molecule has 2 N–H and O–H groups in total. The maximum atomic E-state index is 9.90. The lowest BCUT2D eigenvalue weighted by Gasteiger charge is -2.36. The predicted molar refractivity (Wildman–Crippen MR) is 142 cm³/mol. The Morgan fingerprint density at radius 3 is 2.26 bits per heavy atom. The van der Waals surface area contributed by atoms with Crippen molar-refractivity contribution in [3.05, 3.63) is 89.5 Å². The summed E-state index contributed by atoms with van der Waals surface area (Å²) >= 11 is 0. The minimum Gasteiger partial charge on any atom is -0.508 e. The number of hydrogen-bond acceptors (Lipinski definition) is 3. The van der Waals surface area contributed by atoms with Crippen LogP contribution in [0, 0.1) is 11.8 Å². The SMILES string of the molecule is CC(C)N1CCC(C2=CCC(/C(=C(/CCCO)c3ccccc3)c3ccc(O)cc3)C=C2)CC1. The molecule has 0 amide bonds. The largest absolute Gasteiger partial charge is 0.508 e. The monoisotopic (exact) mass is 457 g/mol. The Hall–Kier alpha value is -2.62. The third kappa shape index (κ3) is 5.89. The number of rotatable bonds is 8. The molecule has 1 fully saturated rings. The number of aliphatic hydroxyl groups excluding tert-OH is 1. The summed E-state index contributed by atoms with van der Waals surface area (Å²) in [5.41, 5.74) is 6.45. The second-order valence-electron chi connectivity index (χ2n) is 9.94. The standard InChI is InChI=1S/C31H39NO2/c1-23(2)32-20-18-25(19-21-32)24-10-12-27(13-11-24)31(28-14-16-29(34)17-15-28)30(9-6-22-33)26-7-4-3-5-8-26/h3-5,7-8,10-12,14-17,23,25,27,33-34H,6,9,13,18-22H2,1-2H3/b31-30+. The molecule has 0 spiro atoms. The van der Waals surface area contributed by atoms with Crippen LogP contribution in [0.2, 0.25) is 0 Å². The summed E-state index contributed by atoms with van der Waals surface area (Å²) in [5.74, 6) is 1.23. The molecule has 0 bridgehead atoms. The zero-order chi connectivity index (χ0) is 23.9. The number of likely N-dealkylation sites (tertiary alicyclic amines) is 1. The fourth-order valence-corrected chi connectivity index (χ4v) is 5.49. The number of aliphatic hydroxyl groups is 1. The lowest BCUT2D eigenvalue weighted by Crippen LogP contribution is -2.38. The van der Waals surface area contributed by atoms with Gasteiger partial charge in [-0.25, -0.2) is 0 Å². The van der Waals surface area contributed by atoms with Crippen molar-refractivity contribution in [2.24, 2.45) is 11.8 Å². The summed E-state index contributed by atoms with van der Waals surface area (Å²) in [7, 11) is 0. The molecule has 4 rings (SSSR count). The van der Waals surface area contributed by atoms with Gasteiger partial charge in [0, 0.05) is 18.6 Å². The molecule has 2 aliphatic rings. The molecule has 1 unspecified atom stereocenters. The maximum Gasteiger partial charge on any atom is 0.115 e. The van der Waals surface area contributed by atoms with Gasteiger partial charge in [0.25, 0.3) is 0 Å². The second kappa shape index (κ2) is 11.7. The number of piperidine rings is 1. The van der Waals surface area contributed by atoms with E-state index in [4.69, 9.17) is 0 Å². The van der Waals surface area contributed by atoms with Crippen molar-refractivity contribution in [3.63, 3.8) is 0 Å². The zero-order valence-electron chi connectivity index (χ0n) is 20.7. The van der Waals surface area contributed by atoms with Crippen molar-refractivity contribution in [2.45, 2.75) is 52.0 Å². The van der Waals surface area contributed by atoms with Crippen LogP contribution < -0.4 is 0 Å². The Morgan fingerprint density at radius 2 is 1.68 bits per heavy atom. The van der Waals surface area contributed by atoms with E-state index in [-0.39, 0.29) is 18.3 Å². The van der Waals surface area contributed by atoms with Gasteiger partial charge in [0.05, 0.1) is 0 Å². The van der Waals surface area contributed by atoms with Crippen molar-refractivity contribution in [2.75, 3.05) is 19.7 Å². The summed E-state index contributed by atoms with van der Waals surface area (Å²) in [6.07, 6.45) is 12.3. The normalized spacial score (nSPS) is 20.4. The van der Waals surface area contributed by atoms with Crippen molar-refractivity contribution in [3.8, 4) is 5.75 Å². The molecule has 3 nitrogen and oxygen atoms in total. The third-order valence-electron chi connectivity index (χ3n) is 7.44. The molecule has 2 aromatic carbocycles. The first kappa shape index (κ1) is 24.5. The first-order chi connectivity index (χ1) is 16.6. The topological polar surface area (TPSA) is 43.7 Å². The first-order valence-electron chi connectivity index (χ1n) is 12.9. The summed E-state index contributed by atoms with van der Waals surface area (Å²) in [4.78, 5) is 2.59. The van der Waals surface area contributed by atoms with Crippen LogP contribution in [0.3, 0.4) is 0 Å². The van der Waals surface area contributed by atoms with E-state index in [1.54, 1.807) is 12.1 Å². The smallest absolute Gasteiger partial charge is 0.115 e. The highest BCUT2D eigenvalue weighted by Gasteiger charge is 2.26. The highest BCUT2D eigenvalue weighted by molar-refractivity contribution is 5.92. The van der Waals surface area contributed by atoms with Crippen LogP contribution in [-0.2, 0) is 0 Å². The van der Waals surface area contributed by atoms with Gasteiger partial charge in [-0.2, -0.15) is 0 Å². The Balaban J connectivity index is 1.64. The van der Waals surface area contributed by atoms with E-state index < -0.39 is 0 Å². The summed E-state index contributed by atoms with van der Waals surface area (Å²) in [6.45, 7) is 7.15. The predicted octanol–water partition coefficient (Wildman–Crippen LogP) is 6.70. The van der Waals surface area contributed by atoms with E-state index in [9.17, 15) is 10.2 Å². The molecular weight excluding hydrogens is 418 g/mol. The Labute approximate surface area is 205 Å². The molecule has 1 saturated heterocycles. The van der Waals surface area contributed by atoms with Gasteiger partial charge in [-0.1, -0.05) is 60.7 Å². The van der Waals surface area contributed by atoms with Crippen LogP contribution in [0.1, 0.15) is 57.1 Å². The molecule has 0 saturated carbocycles. The molecule has 180 valence electrons. The lowest BCUT2D eigenvalue weighted by molar-refractivity contribution is 0.162. The molecule has 0 radical (unpaired) electrons. The third-order valence-corrected chi connectivity index (χ3v) is 7.44. The number of aromatic hydroxyl groups is 1. The van der Waals surface area contributed by atoms with Gasteiger partial charge in [0.1, 0.15) is 5.75 Å². The van der Waals surface area contributed by atoms with Crippen molar-refractivity contribution >= 4 is 11.1 Å². The summed E-state index contributed by atoms with van der Waals surface area (Å²) in [5, 5.41) is 19.5.